The van der Waals surface area contributed by atoms with E-state index in [1.165, 1.54) is 77.4 Å². The first-order chi connectivity index (χ1) is 31.3. The number of hydrogen-bond donors (Lipinski definition) is 0. The van der Waals surface area contributed by atoms with Crippen LogP contribution < -0.4 is 4.90 Å². The zero-order chi connectivity index (χ0) is 41.7. The molecule has 0 saturated heterocycles. The number of fused-ring (bicyclic) bond motifs is 6. The molecule has 11 aromatic rings. The molecule has 296 valence electrons. The van der Waals surface area contributed by atoms with E-state index in [0.717, 1.165) is 22.7 Å². The molecule has 10 aromatic carbocycles. The summed E-state index contributed by atoms with van der Waals surface area (Å²) in [5, 5.41) is 2.46. The number of aromatic nitrogens is 1. The first-order valence-electron chi connectivity index (χ1n) is 21.8. The quantitative estimate of drug-likeness (QED) is 0.149. The summed E-state index contributed by atoms with van der Waals surface area (Å²) in [6, 6.07) is 93.1. The van der Waals surface area contributed by atoms with Crippen molar-refractivity contribution >= 4 is 38.9 Å². The maximum atomic E-state index is 2.46. The monoisotopic (exact) mass is 802 g/mol. The van der Waals surface area contributed by atoms with Crippen LogP contribution in [-0.4, -0.2) is 4.57 Å². The molecule has 0 aliphatic heterocycles. The van der Waals surface area contributed by atoms with E-state index >= 15 is 0 Å². The maximum absolute atomic E-state index is 2.46. The van der Waals surface area contributed by atoms with Gasteiger partial charge in [-0.1, -0.05) is 188 Å². The van der Waals surface area contributed by atoms with Crippen molar-refractivity contribution in [3.05, 3.63) is 277 Å². The summed E-state index contributed by atoms with van der Waals surface area (Å²) >= 11 is 0. The second-order valence-electron chi connectivity index (χ2n) is 16.5. The third kappa shape index (κ3) is 5.95. The Bertz CT molecular complexity index is 3380. The van der Waals surface area contributed by atoms with Crippen LogP contribution in [-0.2, 0) is 5.41 Å². The molecule has 0 unspecified atom stereocenters. The van der Waals surface area contributed by atoms with Crippen LogP contribution in [0.1, 0.15) is 22.3 Å². The van der Waals surface area contributed by atoms with Gasteiger partial charge in [0.25, 0.3) is 0 Å². The highest BCUT2D eigenvalue weighted by molar-refractivity contribution is 6.10. The zero-order valence-corrected chi connectivity index (χ0v) is 34.6. The number of benzene rings is 10. The van der Waals surface area contributed by atoms with Crippen LogP contribution in [0.5, 0.6) is 0 Å². The Labute approximate surface area is 368 Å². The normalized spacial score (nSPS) is 12.6. The fraction of sp³-hybridized carbons (Fsp3) is 0.0164. The molecule has 0 saturated carbocycles. The number of anilines is 3. The highest BCUT2D eigenvalue weighted by Crippen LogP contribution is 2.56. The van der Waals surface area contributed by atoms with E-state index < -0.39 is 5.41 Å². The minimum Gasteiger partial charge on any atom is -0.310 e. The van der Waals surface area contributed by atoms with Gasteiger partial charge in [0.1, 0.15) is 0 Å². The van der Waals surface area contributed by atoms with Gasteiger partial charge in [-0.05, 0) is 122 Å². The van der Waals surface area contributed by atoms with Crippen LogP contribution in [0.2, 0.25) is 0 Å². The van der Waals surface area contributed by atoms with Crippen molar-refractivity contribution in [1.29, 1.82) is 0 Å². The lowest BCUT2D eigenvalue weighted by Gasteiger charge is -2.34. The second-order valence-corrected chi connectivity index (χ2v) is 16.5. The predicted molar refractivity (Wildman–Crippen MR) is 264 cm³/mol. The Kier molecular flexibility index (Phi) is 8.76. The zero-order valence-electron chi connectivity index (χ0n) is 34.6. The number of nitrogens with zero attached hydrogens (tertiary/aromatic N) is 2. The minimum atomic E-state index is -0.473. The van der Waals surface area contributed by atoms with Crippen molar-refractivity contribution in [2.75, 3.05) is 4.90 Å². The molecular weight excluding hydrogens is 761 g/mol. The van der Waals surface area contributed by atoms with Gasteiger partial charge in [-0.25, -0.2) is 0 Å². The maximum Gasteiger partial charge on any atom is 0.0714 e. The Morgan fingerprint density at radius 1 is 0.302 bits per heavy atom. The van der Waals surface area contributed by atoms with Gasteiger partial charge in [-0.15, -0.1) is 0 Å². The Morgan fingerprint density at radius 3 is 1.57 bits per heavy atom. The van der Waals surface area contributed by atoms with Gasteiger partial charge in [-0.3, -0.25) is 0 Å². The molecule has 1 heterocycles. The summed E-state index contributed by atoms with van der Waals surface area (Å²) < 4.78 is 2.46. The van der Waals surface area contributed by atoms with E-state index in [1.54, 1.807) is 0 Å². The van der Waals surface area contributed by atoms with Crippen molar-refractivity contribution in [3.8, 4) is 39.1 Å². The van der Waals surface area contributed by atoms with E-state index in [4.69, 9.17) is 0 Å². The summed E-state index contributed by atoms with van der Waals surface area (Å²) in [5.74, 6) is 0. The predicted octanol–water partition coefficient (Wildman–Crippen LogP) is 16.0. The third-order valence-corrected chi connectivity index (χ3v) is 13.1. The largest absolute Gasteiger partial charge is 0.310 e. The van der Waals surface area contributed by atoms with Crippen molar-refractivity contribution in [2.45, 2.75) is 5.41 Å². The van der Waals surface area contributed by atoms with Gasteiger partial charge in [0.15, 0.2) is 0 Å². The topological polar surface area (TPSA) is 8.17 Å². The van der Waals surface area contributed by atoms with Crippen LogP contribution >= 0.6 is 0 Å². The number of para-hydroxylation sites is 2. The Hall–Kier alpha value is -8.20. The molecule has 0 radical (unpaired) electrons. The SMILES string of the molecule is c1ccc(-c2ccc(N(c3ccccc3)c3cccc(-c4ccc5c(c4)c4ccccc4n5-c4ccc5c(c4)C(c4ccccc4)(c4ccccc4)c4ccccc4-5)c3)cc2)cc1. The van der Waals surface area contributed by atoms with Gasteiger partial charge in [0.05, 0.1) is 16.4 Å². The van der Waals surface area contributed by atoms with E-state index in [9.17, 15) is 0 Å². The molecule has 12 rings (SSSR count). The molecule has 0 spiro atoms. The standard InChI is InChI=1S/C61H42N2/c1-5-18-43(19-6-1)44-32-35-50(36-33-44)62(49-25-11-4-12-26-49)51-27-17-20-45(40-51)46-34-39-60-56(41-46)55-29-14-16-31-59(55)63(60)52-37-38-54-53-28-13-15-30-57(53)61(58(54)42-52,47-21-7-2-8-22-47)48-23-9-3-10-24-48/h1-42H. The molecule has 63 heavy (non-hydrogen) atoms. The number of rotatable bonds is 8. The molecule has 2 nitrogen and oxygen atoms in total. The van der Waals surface area contributed by atoms with E-state index in [-0.39, 0.29) is 0 Å². The van der Waals surface area contributed by atoms with Crippen LogP contribution in [0.3, 0.4) is 0 Å². The molecule has 0 N–H and O–H groups in total. The lowest BCUT2D eigenvalue weighted by molar-refractivity contribution is 0.767. The molecule has 1 aliphatic carbocycles. The first-order valence-corrected chi connectivity index (χ1v) is 21.8. The van der Waals surface area contributed by atoms with Crippen LogP contribution in [0.25, 0.3) is 60.9 Å². The number of hydrogen-bond acceptors (Lipinski definition) is 1. The molecule has 0 atom stereocenters. The molecule has 0 bridgehead atoms. The Morgan fingerprint density at radius 2 is 0.825 bits per heavy atom. The van der Waals surface area contributed by atoms with Crippen molar-refractivity contribution in [1.82, 2.24) is 4.57 Å². The van der Waals surface area contributed by atoms with Crippen LogP contribution in [0, 0.1) is 0 Å². The fourth-order valence-corrected chi connectivity index (χ4v) is 10.3. The fourth-order valence-electron chi connectivity index (χ4n) is 10.3. The molecule has 2 heteroatoms. The van der Waals surface area contributed by atoms with Crippen molar-refractivity contribution in [2.24, 2.45) is 0 Å². The summed E-state index contributed by atoms with van der Waals surface area (Å²) in [6.45, 7) is 0. The van der Waals surface area contributed by atoms with Gasteiger partial charge < -0.3 is 9.47 Å². The Balaban J connectivity index is 0.993. The average Bonchev–Trinajstić information content (AvgIpc) is 3.85. The molecule has 1 aromatic heterocycles. The highest BCUT2D eigenvalue weighted by Gasteiger charge is 2.46. The second kappa shape index (κ2) is 15.1. The minimum absolute atomic E-state index is 0.473. The lowest BCUT2D eigenvalue weighted by atomic mass is 9.67. The summed E-state index contributed by atoms with van der Waals surface area (Å²) in [4.78, 5) is 2.35. The lowest BCUT2D eigenvalue weighted by Crippen LogP contribution is -2.28. The molecule has 0 fully saturated rings. The van der Waals surface area contributed by atoms with E-state index in [1.807, 2.05) is 0 Å². The van der Waals surface area contributed by atoms with E-state index in [0.29, 0.717) is 0 Å². The smallest absolute Gasteiger partial charge is 0.0714 e. The van der Waals surface area contributed by atoms with Crippen molar-refractivity contribution in [3.63, 3.8) is 0 Å². The summed E-state index contributed by atoms with van der Waals surface area (Å²) in [7, 11) is 0. The summed E-state index contributed by atoms with van der Waals surface area (Å²) in [5.41, 5.74) is 18.8. The van der Waals surface area contributed by atoms with Crippen molar-refractivity contribution < 1.29 is 0 Å². The highest BCUT2D eigenvalue weighted by atomic mass is 15.1. The van der Waals surface area contributed by atoms with Crippen LogP contribution in [0.15, 0.2) is 255 Å². The molecule has 1 aliphatic rings. The van der Waals surface area contributed by atoms with E-state index in [2.05, 4.69) is 264 Å². The van der Waals surface area contributed by atoms with Crippen LogP contribution in [0.4, 0.5) is 17.1 Å². The van der Waals surface area contributed by atoms with Gasteiger partial charge in [0.2, 0.25) is 0 Å². The average molecular weight is 803 g/mol. The third-order valence-electron chi connectivity index (χ3n) is 13.1. The van der Waals surface area contributed by atoms with Gasteiger partial charge in [-0.2, -0.15) is 0 Å². The molecular formula is C61H42N2. The van der Waals surface area contributed by atoms with Gasteiger partial charge >= 0.3 is 0 Å². The molecule has 0 amide bonds. The first kappa shape index (κ1) is 36.6. The summed E-state index contributed by atoms with van der Waals surface area (Å²) in [6.07, 6.45) is 0. The van der Waals surface area contributed by atoms with Gasteiger partial charge in [0, 0.05) is 33.5 Å².